The number of halogens is 1. The summed E-state index contributed by atoms with van der Waals surface area (Å²) in [5.74, 6) is 0.810. The molecular weight excluding hydrogens is 345 g/mol. The Morgan fingerprint density at radius 1 is 1.04 bits per heavy atom. The van der Waals surface area contributed by atoms with Gasteiger partial charge in [-0.3, -0.25) is 4.98 Å². The van der Waals surface area contributed by atoms with E-state index in [1.54, 1.807) is 37.6 Å². The Balaban J connectivity index is 1.86. The Kier molecular flexibility index (Phi) is 4.57. The van der Waals surface area contributed by atoms with Crippen molar-refractivity contribution in [1.82, 2.24) is 15.0 Å². The predicted octanol–water partition coefficient (Wildman–Crippen LogP) is 3.33. The lowest BCUT2D eigenvalue weighted by Crippen LogP contribution is -2.03. The molecule has 0 saturated heterocycles. The summed E-state index contributed by atoms with van der Waals surface area (Å²) in [7, 11) is -4.77. The fraction of sp³-hybridized carbons (Fsp3) is 0.0625. The lowest BCUT2D eigenvalue weighted by molar-refractivity contribution is 0.552. The van der Waals surface area contributed by atoms with Crippen molar-refractivity contribution in [1.29, 1.82) is 0 Å². The number of nitrogens with zero attached hydrogens (tertiary/aromatic N) is 3. The van der Waals surface area contributed by atoms with Gasteiger partial charge in [0.1, 0.15) is 10.7 Å². The van der Waals surface area contributed by atoms with Gasteiger partial charge in [0, 0.05) is 23.6 Å². The second-order valence-electron chi connectivity index (χ2n) is 5.18. The van der Waals surface area contributed by atoms with Crippen LogP contribution in [0.1, 0.15) is 5.56 Å². The van der Waals surface area contributed by atoms with E-state index in [0.717, 1.165) is 11.3 Å². The highest BCUT2D eigenvalue weighted by Gasteiger charge is 2.12. The highest BCUT2D eigenvalue weighted by Crippen LogP contribution is 2.23. The second kappa shape index (κ2) is 6.81. The molecule has 0 aliphatic heterocycles. The van der Waals surface area contributed by atoms with Gasteiger partial charge < -0.3 is 10.6 Å². The highest BCUT2D eigenvalue weighted by atomic mass is 32.3. The molecule has 0 unspecified atom stereocenters. The SMILES string of the molecule is Cc1cnc(Nc2cccnc2)nc1Nc1cccc(S(=O)(=O)F)c1. The zero-order chi connectivity index (χ0) is 17.9. The van der Waals surface area contributed by atoms with E-state index in [0.29, 0.717) is 17.5 Å². The first kappa shape index (κ1) is 16.8. The van der Waals surface area contributed by atoms with E-state index in [2.05, 4.69) is 25.6 Å². The van der Waals surface area contributed by atoms with Gasteiger partial charge in [-0.2, -0.15) is 13.4 Å². The van der Waals surface area contributed by atoms with Gasteiger partial charge in [0.05, 0.1) is 11.9 Å². The molecule has 1 aromatic carbocycles. The number of hydrogen-bond donors (Lipinski definition) is 2. The third-order valence-corrected chi connectivity index (χ3v) is 4.08. The molecule has 0 amide bonds. The fourth-order valence-electron chi connectivity index (χ4n) is 2.06. The van der Waals surface area contributed by atoms with Crippen LogP contribution in [0.4, 0.5) is 27.0 Å². The third-order valence-electron chi connectivity index (χ3n) is 3.27. The summed E-state index contributed by atoms with van der Waals surface area (Å²) >= 11 is 0. The molecule has 0 saturated carbocycles. The van der Waals surface area contributed by atoms with Crippen LogP contribution in [0, 0.1) is 6.92 Å². The molecule has 128 valence electrons. The van der Waals surface area contributed by atoms with Gasteiger partial charge in [-0.15, -0.1) is 3.89 Å². The standard InChI is InChI=1S/C16H14FN5O2S/c1-11-9-19-16(21-13-5-3-7-18-10-13)22-15(11)20-12-4-2-6-14(8-12)25(17,23)24/h2-10H,1H3,(H2,19,20,21,22). The Hall–Kier alpha value is -3.07. The molecule has 3 aromatic rings. The minimum absolute atomic E-state index is 0.343. The number of aromatic nitrogens is 3. The van der Waals surface area contributed by atoms with E-state index in [9.17, 15) is 12.3 Å². The Morgan fingerprint density at radius 2 is 1.84 bits per heavy atom. The maximum atomic E-state index is 13.1. The topological polar surface area (TPSA) is 96.9 Å². The zero-order valence-electron chi connectivity index (χ0n) is 13.1. The molecule has 3 rings (SSSR count). The van der Waals surface area contributed by atoms with Gasteiger partial charge in [0.25, 0.3) is 0 Å². The highest BCUT2D eigenvalue weighted by molar-refractivity contribution is 7.86. The average Bonchev–Trinajstić information content (AvgIpc) is 2.58. The molecule has 0 aliphatic carbocycles. The summed E-state index contributed by atoms with van der Waals surface area (Å²) in [5, 5.41) is 5.99. The summed E-state index contributed by atoms with van der Waals surface area (Å²) in [6.07, 6.45) is 4.90. The number of anilines is 4. The minimum atomic E-state index is -4.77. The number of aryl methyl sites for hydroxylation is 1. The number of rotatable bonds is 5. The largest absolute Gasteiger partial charge is 0.340 e. The molecule has 0 aliphatic rings. The van der Waals surface area contributed by atoms with Gasteiger partial charge in [0.15, 0.2) is 0 Å². The van der Waals surface area contributed by atoms with Crippen LogP contribution in [-0.2, 0) is 10.2 Å². The Bertz CT molecular complexity index is 996. The first-order valence-corrected chi connectivity index (χ1v) is 8.62. The van der Waals surface area contributed by atoms with Crippen molar-refractivity contribution in [3.8, 4) is 0 Å². The molecule has 7 nitrogen and oxygen atoms in total. The molecular formula is C16H14FN5O2S. The zero-order valence-corrected chi connectivity index (χ0v) is 14.0. The van der Waals surface area contributed by atoms with Crippen LogP contribution in [-0.4, -0.2) is 23.4 Å². The van der Waals surface area contributed by atoms with Gasteiger partial charge >= 0.3 is 10.2 Å². The Morgan fingerprint density at radius 3 is 2.56 bits per heavy atom. The van der Waals surface area contributed by atoms with Crippen molar-refractivity contribution in [3.63, 3.8) is 0 Å². The van der Waals surface area contributed by atoms with Crippen LogP contribution in [0.3, 0.4) is 0 Å². The first-order chi connectivity index (χ1) is 11.9. The van der Waals surface area contributed by atoms with Crippen molar-refractivity contribution in [3.05, 3.63) is 60.6 Å². The predicted molar refractivity (Wildman–Crippen MR) is 92.3 cm³/mol. The molecule has 0 fully saturated rings. The summed E-state index contributed by atoms with van der Waals surface area (Å²) in [6.45, 7) is 1.80. The van der Waals surface area contributed by atoms with E-state index in [1.165, 1.54) is 18.2 Å². The van der Waals surface area contributed by atoms with E-state index in [-0.39, 0.29) is 0 Å². The molecule has 0 spiro atoms. The van der Waals surface area contributed by atoms with Crippen molar-refractivity contribution >= 4 is 33.4 Å². The van der Waals surface area contributed by atoms with Crippen molar-refractivity contribution in [2.75, 3.05) is 10.6 Å². The lowest BCUT2D eigenvalue weighted by atomic mass is 10.3. The van der Waals surface area contributed by atoms with Gasteiger partial charge in [-0.05, 0) is 37.3 Å². The van der Waals surface area contributed by atoms with E-state index >= 15 is 0 Å². The van der Waals surface area contributed by atoms with E-state index in [4.69, 9.17) is 0 Å². The van der Waals surface area contributed by atoms with Crippen LogP contribution in [0.15, 0.2) is 59.9 Å². The quantitative estimate of drug-likeness (QED) is 0.674. The van der Waals surface area contributed by atoms with Crippen LogP contribution in [0.5, 0.6) is 0 Å². The van der Waals surface area contributed by atoms with Crippen molar-refractivity contribution in [2.45, 2.75) is 11.8 Å². The maximum Gasteiger partial charge on any atom is 0.332 e. The summed E-state index contributed by atoms with van der Waals surface area (Å²) in [4.78, 5) is 12.1. The van der Waals surface area contributed by atoms with Crippen LogP contribution >= 0.6 is 0 Å². The molecule has 25 heavy (non-hydrogen) atoms. The summed E-state index contributed by atoms with van der Waals surface area (Å²) in [6, 6.07) is 9.04. The summed E-state index contributed by atoms with van der Waals surface area (Å²) < 4.78 is 35.2. The maximum absolute atomic E-state index is 13.1. The van der Waals surface area contributed by atoms with Crippen molar-refractivity contribution in [2.24, 2.45) is 0 Å². The lowest BCUT2D eigenvalue weighted by Gasteiger charge is -2.11. The fourth-order valence-corrected chi connectivity index (χ4v) is 2.57. The van der Waals surface area contributed by atoms with Crippen LogP contribution in [0.2, 0.25) is 0 Å². The number of nitrogens with one attached hydrogen (secondary N) is 2. The van der Waals surface area contributed by atoms with Gasteiger partial charge in [-0.25, -0.2) is 4.98 Å². The molecule has 0 radical (unpaired) electrons. The monoisotopic (exact) mass is 359 g/mol. The molecule has 0 bridgehead atoms. The smallest absolute Gasteiger partial charge is 0.332 e. The normalized spacial score (nSPS) is 11.1. The molecule has 2 heterocycles. The number of hydrogen-bond acceptors (Lipinski definition) is 7. The van der Waals surface area contributed by atoms with Gasteiger partial charge in [0.2, 0.25) is 5.95 Å². The molecule has 2 N–H and O–H groups in total. The Labute approximate surface area is 144 Å². The van der Waals surface area contributed by atoms with Crippen molar-refractivity contribution < 1.29 is 12.3 Å². The summed E-state index contributed by atoms with van der Waals surface area (Å²) in [5.41, 5.74) is 1.86. The van der Waals surface area contributed by atoms with Gasteiger partial charge in [-0.1, -0.05) is 6.07 Å². The number of benzene rings is 1. The van der Waals surface area contributed by atoms with Crippen LogP contribution in [0.25, 0.3) is 0 Å². The third kappa shape index (κ3) is 4.27. The molecule has 9 heteroatoms. The minimum Gasteiger partial charge on any atom is -0.340 e. The average molecular weight is 359 g/mol. The first-order valence-electron chi connectivity index (χ1n) is 7.24. The second-order valence-corrected chi connectivity index (χ2v) is 6.53. The molecule has 2 aromatic heterocycles. The van der Waals surface area contributed by atoms with Crippen LogP contribution < -0.4 is 10.6 Å². The number of pyridine rings is 1. The van der Waals surface area contributed by atoms with E-state index in [1.807, 2.05) is 6.07 Å². The molecule has 0 atom stereocenters. The van der Waals surface area contributed by atoms with E-state index < -0.39 is 15.1 Å².